The summed E-state index contributed by atoms with van der Waals surface area (Å²) in [5, 5.41) is 12.2. The minimum Gasteiger partial charge on any atom is -0.393 e. The van der Waals surface area contributed by atoms with Gasteiger partial charge in [0.2, 0.25) is 0 Å². The highest BCUT2D eigenvalue weighted by atomic mass is 28.3. The van der Waals surface area contributed by atoms with Crippen LogP contribution in [0.3, 0.4) is 0 Å². The molecule has 1 aromatic carbocycles. The van der Waals surface area contributed by atoms with Crippen molar-refractivity contribution in [3.05, 3.63) is 41.6 Å². The lowest BCUT2D eigenvalue weighted by Gasteiger charge is -2.24. The summed E-state index contributed by atoms with van der Waals surface area (Å²) in [6.07, 6.45) is 2.72. The van der Waals surface area contributed by atoms with Crippen LogP contribution in [0.15, 0.2) is 41.6 Å². The Bertz CT molecular complexity index is 352. The maximum atomic E-state index is 9.31. The first kappa shape index (κ1) is 13.2. The lowest BCUT2D eigenvalue weighted by molar-refractivity contribution is 0.198. The van der Waals surface area contributed by atoms with Crippen LogP contribution in [0.5, 0.6) is 0 Å². The minimum atomic E-state index is -1.50. The molecule has 0 bridgehead atoms. The molecule has 1 aromatic rings. The summed E-state index contributed by atoms with van der Waals surface area (Å²) in [6.45, 7) is 8.74. The van der Waals surface area contributed by atoms with Crippen LogP contribution >= 0.6 is 0 Å². The van der Waals surface area contributed by atoms with Crippen molar-refractivity contribution in [3.63, 3.8) is 0 Å². The number of benzene rings is 1. The highest BCUT2D eigenvalue weighted by molar-refractivity contribution is 6.95. The predicted molar refractivity (Wildman–Crippen MR) is 73.6 cm³/mol. The van der Waals surface area contributed by atoms with Crippen molar-refractivity contribution < 1.29 is 5.11 Å². The maximum Gasteiger partial charge on any atom is 0.106 e. The smallest absolute Gasteiger partial charge is 0.106 e. The van der Waals surface area contributed by atoms with Gasteiger partial charge in [-0.05, 0) is 20.3 Å². The molecule has 0 aliphatic heterocycles. The predicted octanol–water partition coefficient (Wildman–Crippen LogP) is 2.86. The van der Waals surface area contributed by atoms with Crippen molar-refractivity contribution in [3.8, 4) is 0 Å². The van der Waals surface area contributed by atoms with Gasteiger partial charge in [0.15, 0.2) is 0 Å². The lowest BCUT2D eigenvalue weighted by atomic mass is 10.3. The topological polar surface area (TPSA) is 20.2 Å². The zero-order valence-corrected chi connectivity index (χ0v) is 11.7. The summed E-state index contributed by atoms with van der Waals surface area (Å²) in [5.74, 6) is 0. The second-order valence-electron chi connectivity index (χ2n) is 4.96. The monoisotopic (exact) mass is 234 g/mol. The van der Waals surface area contributed by atoms with Gasteiger partial charge >= 0.3 is 0 Å². The van der Waals surface area contributed by atoms with Crippen molar-refractivity contribution in [2.75, 3.05) is 0 Å². The van der Waals surface area contributed by atoms with Gasteiger partial charge in [0.25, 0.3) is 0 Å². The zero-order valence-electron chi connectivity index (χ0n) is 10.7. The summed E-state index contributed by atoms with van der Waals surface area (Å²) in [7, 11) is -1.50. The molecule has 1 atom stereocenters. The number of hydrogen-bond donors (Lipinski definition) is 1. The van der Waals surface area contributed by atoms with Crippen LogP contribution in [-0.2, 0) is 0 Å². The van der Waals surface area contributed by atoms with E-state index in [0.29, 0.717) is 0 Å². The van der Waals surface area contributed by atoms with Gasteiger partial charge in [-0.2, -0.15) is 0 Å². The summed E-state index contributed by atoms with van der Waals surface area (Å²) in [6, 6.07) is 10.7. The molecule has 2 heteroatoms. The van der Waals surface area contributed by atoms with E-state index in [4.69, 9.17) is 0 Å². The number of aliphatic hydroxyl groups excluding tert-OH is 1. The Morgan fingerprint density at radius 3 is 2.38 bits per heavy atom. The molecule has 0 fully saturated rings. The van der Waals surface area contributed by atoms with Gasteiger partial charge in [-0.25, -0.2) is 0 Å². The molecule has 0 amide bonds. The molecule has 0 aliphatic carbocycles. The van der Waals surface area contributed by atoms with Gasteiger partial charge in [-0.15, -0.1) is 0 Å². The molecule has 0 aromatic heterocycles. The first-order chi connectivity index (χ1) is 7.44. The molecule has 0 unspecified atom stereocenters. The molecule has 0 saturated heterocycles. The van der Waals surface area contributed by atoms with Crippen molar-refractivity contribution in [1.29, 1.82) is 0 Å². The average Bonchev–Trinajstić information content (AvgIpc) is 2.27. The number of allylic oxidation sites excluding steroid dienone is 1. The van der Waals surface area contributed by atoms with E-state index >= 15 is 0 Å². The molecular formula is C14H22OSi. The van der Waals surface area contributed by atoms with Gasteiger partial charge in [-0.1, -0.05) is 59.9 Å². The summed E-state index contributed by atoms with van der Waals surface area (Å²) < 4.78 is 0. The molecule has 0 spiro atoms. The van der Waals surface area contributed by atoms with Crippen LogP contribution in [0.2, 0.25) is 13.1 Å². The van der Waals surface area contributed by atoms with Gasteiger partial charge in [0, 0.05) is 0 Å². The van der Waals surface area contributed by atoms with Gasteiger partial charge in [0.05, 0.1) is 6.10 Å². The fourth-order valence-corrected chi connectivity index (χ4v) is 3.79. The van der Waals surface area contributed by atoms with E-state index in [1.165, 1.54) is 10.4 Å². The number of rotatable bonds is 4. The van der Waals surface area contributed by atoms with Crippen molar-refractivity contribution >= 4 is 13.3 Å². The normalized spacial score (nSPS) is 14.9. The van der Waals surface area contributed by atoms with Crippen LogP contribution in [0.4, 0.5) is 0 Å². The van der Waals surface area contributed by atoms with E-state index in [1.54, 1.807) is 0 Å². The van der Waals surface area contributed by atoms with Crippen LogP contribution in [0, 0.1) is 0 Å². The molecular weight excluding hydrogens is 212 g/mol. The minimum absolute atomic E-state index is 0.240. The lowest BCUT2D eigenvalue weighted by Crippen LogP contribution is -2.42. The van der Waals surface area contributed by atoms with E-state index in [2.05, 4.69) is 56.4 Å². The highest BCUT2D eigenvalue weighted by Gasteiger charge is 2.24. The van der Waals surface area contributed by atoms with Crippen LogP contribution < -0.4 is 5.19 Å². The van der Waals surface area contributed by atoms with E-state index in [1.807, 2.05) is 6.92 Å². The van der Waals surface area contributed by atoms with Crippen LogP contribution in [-0.4, -0.2) is 19.3 Å². The second kappa shape index (κ2) is 5.46. The van der Waals surface area contributed by atoms with Gasteiger partial charge in [0.1, 0.15) is 8.07 Å². The highest BCUT2D eigenvalue weighted by Crippen LogP contribution is 2.15. The molecule has 0 radical (unpaired) electrons. The third-order valence-electron chi connectivity index (χ3n) is 3.25. The standard InChI is InChI=1S/C14H22OSi/c1-12(15)10-11-13(2)16(3,4)14-8-6-5-7-9-14/h5-9,11-12,15H,10H2,1-4H3/b13-11+/t12-/m1/s1. The van der Waals surface area contributed by atoms with E-state index in [-0.39, 0.29) is 6.10 Å². The molecule has 16 heavy (non-hydrogen) atoms. The molecule has 0 heterocycles. The molecule has 0 saturated carbocycles. The largest absolute Gasteiger partial charge is 0.393 e. The van der Waals surface area contributed by atoms with Crippen LogP contribution in [0.1, 0.15) is 20.3 Å². The Labute approximate surface area is 99.8 Å². The fourth-order valence-electron chi connectivity index (χ4n) is 1.68. The van der Waals surface area contributed by atoms with Gasteiger partial charge < -0.3 is 5.11 Å². The van der Waals surface area contributed by atoms with E-state index < -0.39 is 8.07 Å². The quantitative estimate of drug-likeness (QED) is 0.794. The van der Waals surface area contributed by atoms with Gasteiger partial charge in [-0.3, -0.25) is 0 Å². The van der Waals surface area contributed by atoms with Crippen molar-refractivity contribution in [2.45, 2.75) is 39.5 Å². The Balaban J connectivity index is 2.89. The third kappa shape index (κ3) is 3.32. The average molecular weight is 234 g/mol. The Kier molecular flexibility index (Phi) is 4.51. The molecule has 1 rings (SSSR count). The number of aliphatic hydroxyl groups is 1. The first-order valence-electron chi connectivity index (χ1n) is 5.85. The third-order valence-corrected chi connectivity index (χ3v) is 7.20. The second-order valence-corrected chi connectivity index (χ2v) is 9.58. The van der Waals surface area contributed by atoms with Crippen LogP contribution in [0.25, 0.3) is 0 Å². The summed E-state index contributed by atoms with van der Waals surface area (Å²) >= 11 is 0. The Morgan fingerprint density at radius 2 is 1.88 bits per heavy atom. The van der Waals surface area contributed by atoms with Crippen molar-refractivity contribution in [1.82, 2.24) is 0 Å². The molecule has 88 valence electrons. The molecule has 1 N–H and O–H groups in total. The fraction of sp³-hybridized carbons (Fsp3) is 0.429. The Morgan fingerprint density at radius 1 is 1.31 bits per heavy atom. The van der Waals surface area contributed by atoms with Crippen molar-refractivity contribution in [2.24, 2.45) is 0 Å². The van der Waals surface area contributed by atoms with E-state index in [0.717, 1.165) is 6.42 Å². The van der Waals surface area contributed by atoms with E-state index in [9.17, 15) is 5.11 Å². The maximum absolute atomic E-state index is 9.31. The first-order valence-corrected chi connectivity index (χ1v) is 8.85. The molecule has 1 nitrogen and oxygen atoms in total. The summed E-state index contributed by atoms with van der Waals surface area (Å²) in [5.41, 5.74) is 0. The number of hydrogen-bond acceptors (Lipinski definition) is 1. The SMILES string of the molecule is C/C(=C\C[C@@H](C)O)[Si](C)(C)c1ccccc1. The molecule has 0 aliphatic rings. The zero-order chi connectivity index (χ0) is 12.2. The summed E-state index contributed by atoms with van der Waals surface area (Å²) in [4.78, 5) is 0. The Hall–Kier alpha value is -0.863.